The van der Waals surface area contributed by atoms with Crippen LogP contribution < -0.4 is 20.4 Å². The zero-order chi connectivity index (χ0) is 20.5. The zero-order valence-corrected chi connectivity index (χ0v) is 17.6. The molecular weight excluding hydrogens is 374 g/mol. The smallest absolute Gasteiger partial charge is 0.230 e. The molecule has 2 aromatic heterocycles. The molecule has 0 spiro atoms. The van der Waals surface area contributed by atoms with Gasteiger partial charge in [0, 0.05) is 49.7 Å². The summed E-state index contributed by atoms with van der Waals surface area (Å²) in [6, 6.07) is 4.58. The van der Waals surface area contributed by atoms with Gasteiger partial charge in [-0.3, -0.25) is 0 Å². The maximum Gasteiger partial charge on any atom is 0.230 e. The molecule has 156 valence electrons. The third kappa shape index (κ3) is 3.65. The molecule has 0 radical (unpaired) electrons. The molecular formula is C23H29N7. The standard InChI is InChI=1S/C23H29N7/c1-16-13-17(2)30(18-5-3-4-6-18)22-20(16)15-26-23(28-22)27-21-8-7-19(14-25-21)29-11-9-24-10-12-29/h7-8,13-15,18,24H,2-6,9-12H2,1H3,(H,25,26,27,28). The first-order valence-electron chi connectivity index (χ1n) is 10.9. The number of hydrogen-bond donors (Lipinski definition) is 2. The number of piperazine rings is 1. The Bertz CT molecular complexity index is 954. The van der Waals surface area contributed by atoms with Gasteiger partial charge in [-0.25, -0.2) is 9.97 Å². The van der Waals surface area contributed by atoms with Crippen molar-refractivity contribution >= 4 is 28.8 Å². The van der Waals surface area contributed by atoms with Crippen LogP contribution >= 0.6 is 0 Å². The van der Waals surface area contributed by atoms with Gasteiger partial charge in [0.2, 0.25) is 5.95 Å². The van der Waals surface area contributed by atoms with Crippen molar-refractivity contribution in [1.29, 1.82) is 0 Å². The molecule has 2 fully saturated rings. The van der Waals surface area contributed by atoms with Gasteiger partial charge >= 0.3 is 0 Å². The van der Waals surface area contributed by atoms with Crippen LogP contribution in [0, 0.1) is 0 Å². The van der Waals surface area contributed by atoms with Crippen LogP contribution in [0.5, 0.6) is 0 Å². The maximum atomic E-state index is 4.89. The molecule has 30 heavy (non-hydrogen) atoms. The minimum Gasteiger partial charge on any atom is -0.368 e. The molecule has 0 atom stereocenters. The number of aromatic nitrogens is 3. The molecule has 2 aliphatic heterocycles. The molecule has 7 nitrogen and oxygen atoms in total. The van der Waals surface area contributed by atoms with Crippen LogP contribution in [0.2, 0.25) is 0 Å². The summed E-state index contributed by atoms with van der Waals surface area (Å²) >= 11 is 0. The number of rotatable bonds is 4. The van der Waals surface area contributed by atoms with Crippen molar-refractivity contribution in [3.63, 3.8) is 0 Å². The molecule has 7 heteroatoms. The van der Waals surface area contributed by atoms with Crippen LogP contribution in [0.15, 0.2) is 42.9 Å². The molecule has 0 bridgehead atoms. The van der Waals surface area contributed by atoms with E-state index in [1.807, 2.05) is 18.5 Å². The molecule has 2 aromatic rings. The number of pyridine rings is 1. The van der Waals surface area contributed by atoms with Crippen molar-refractivity contribution in [2.75, 3.05) is 41.3 Å². The second kappa shape index (κ2) is 8.07. The van der Waals surface area contributed by atoms with E-state index in [0.717, 1.165) is 60.3 Å². The van der Waals surface area contributed by atoms with Crippen molar-refractivity contribution in [1.82, 2.24) is 20.3 Å². The Balaban J connectivity index is 1.38. The molecule has 3 aliphatic rings. The number of nitrogens with one attached hydrogen (secondary N) is 2. The SMILES string of the molecule is C=C1C=C(C)c2cnc(Nc3ccc(N4CCNCC4)cn3)nc2N1C1CCCC1. The third-order valence-corrected chi connectivity index (χ3v) is 6.27. The average molecular weight is 404 g/mol. The van der Waals surface area contributed by atoms with Crippen LogP contribution in [0.1, 0.15) is 38.2 Å². The second-order valence-electron chi connectivity index (χ2n) is 8.32. The summed E-state index contributed by atoms with van der Waals surface area (Å²) in [4.78, 5) is 18.7. The molecule has 1 saturated heterocycles. The molecule has 0 aromatic carbocycles. The highest BCUT2D eigenvalue weighted by molar-refractivity contribution is 5.81. The van der Waals surface area contributed by atoms with Gasteiger partial charge in [0.15, 0.2) is 0 Å². The predicted octanol–water partition coefficient (Wildman–Crippen LogP) is 3.70. The van der Waals surface area contributed by atoms with Crippen molar-refractivity contribution in [2.45, 2.75) is 38.6 Å². The van der Waals surface area contributed by atoms with Gasteiger partial charge in [-0.05, 0) is 43.5 Å². The predicted molar refractivity (Wildman–Crippen MR) is 122 cm³/mol. The highest BCUT2D eigenvalue weighted by atomic mass is 15.3. The summed E-state index contributed by atoms with van der Waals surface area (Å²) in [7, 11) is 0. The van der Waals surface area contributed by atoms with Crippen LogP contribution in [0.25, 0.3) is 5.57 Å². The lowest BCUT2D eigenvalue weighted by Gasteiger charge is -2.35. The van der Waals surface area contributed by atoms with E-state index in [-0.39, 0.29) is 0 Å². The summed E-state index contributed by atoms with van der Waals surface area (Å²) in [6.07, 6.45) is 10.9. The molecule has 0 unspecified atom stereocenters. The lowest BCUT2D eigenvalue weighted by atomic mass is 10.0. The van der Waals surface area contributed by atoms with Gasteiger partial charge in [-0.15, -0.1) is 0 Å². The van der Waals surface area contributed by atoms with Gasteiger partial charge in [0.25, 0.3) is 0 Å². The Morgan fingerprint density at radius 1 is 1.10 bits per heavy atom. The number of nitrogens with zero attached hydrogens (tertiary/aromatic N) is 5. The molecule has 5 rings (SSSR count). The quantitative estimate of drug-likeness (QED) is 0.807. The number of anilines is 4. The van der Waals surface area contributed by atoms with Gasteiger partial charge in [0.05, 0.1) is 11.9 Å². The fourth-order valence-corrected chi connectivity index (χ4v) is 4.68. The Kier molecular flexibility index (Phi) is 5.12. The Hall–Kier alpha value is -2.93. The molecule has 0 amide bonds. The second-order valence-corrected chi connectivity index (χ2v) is 8.32. The van der Waals surface area contributed by atoms with Gasteiger partial charge < -0.3 is 20.4 Å². The molecule has 1 saturated carbocycles. The van der Waals surface area contributed by atoms with E-state index in [9.17, 15) is 0 Å². The Labute approximate surface area is 177 Å². The van der Waals surface area contributed by atoms with E-state index in [4.69, 9.17) is 4.98 Å². The topological polar surface area (TPSA) is 69.2 Å². The highest BCUT2D eigenvalue weighted by Crippen LogP contribution is 2.39. The van der Waals surface area contributed by atoms with Gasteiger partial charge in [-0.1, -0.05) is 19.4 Å². The summed E-state index contributed by atoms with van der Waals surface area (Å²) < 4.78 is 0. The van der Waals surface area contributed by atoms with E-state index in [1.54, 1.807) is 0 Å². The normalized spacial score (nSPS) is 19.6. The molecule has 2 N–H and O–H groups in total. The van der Waals surface area contributed by atoms with Crippen molar-refractivity contribution in [2.24, 2.45) is 0 Å². The van der Waals surface area contributed by atoms with E-state index >= 15 is 0 Å². The van der Waals surface area contributed by atoms with E-state index in [1.165, 1.54) is 25.7 Å². The van der Waals surface area contributed by atoms with Crippen molar-refractivity contribution in [3.05, 3.63) is 48.4 Å². The lowest BCUT2D eigenvalue weighted by molar-refractivity contribution is 0.589. The molecule has 4 heterocycles. The zero-order valence-electron chi connectivity index (χ0n) is 17.6. The summed E-state index contributed by atoms with van der Waals surface area (Å²) in [6.45, 7) is 10.5. The first-order chi connectivity index (χ1) is 14.7. The summed E-state index contributed by atoms with van der Waals surface area (Å²) in [5.41, 5.74) is 4.42. The third-order valence-electron chi connectivity index (χ3n) is 6.27. The Morgan fingerprint density at radius 2 is 1.90 bits per heavy atom. The minimum atomic E-state index is 0.472. The first-order valence-corrected chi connectivity index (χ1v) is 10.9. The Morgan fingerprint density at radius 3 is 2.63 bits per heavy atom. The van der Waals surface area contributed by atoms with Crippen LogP contribution in [0.3, 0.4) is 0 Å². The van der Waals surface area contributed by atoms with Crippen LogP contribution in [-0.4, -0.2) is 47.2 Å². The summed E-state index contributed by atoms with van der Waals surface area (Å²) in [5, 5.41) is 6.66. The minimum absolute atomic E-state index is 0.472. The van der Waals surface area contributed by atoms with E-state index < -0.39 is 0 Å². The van der Waals surface area contributed by atoms with Gasteiger partial charge in [-0.2, -0.15) is 4.98 Å². The largest absolute Gasteiger partial charge is 0.368 e. The number of fused-ring (bicyclic) bond motifs is 1. The molecule has 1 aliphatic carbocycles. The van der Waals surface area contributed by atoms with Crippen LogP contribution in [-0.2, 0) is 0 Å². The average Bonchev–Trinajstić information content (AvgIpc) is 3.29. The van der Waals surface area contributed by atoms with E-state index in [2.05, 4.69) is 56.0 Å². The lowest BCUT2D eigenvalue weighted by Crippen LogP contribution is -2.43. The highest BCUT2D eigenvalue weighted by Gasteiger charge is 2.30. The van der Waals surface area contributed by atoms with Crippen molar-refractivity contribution < 1.29 is 0 Å². The van der Waals surface area contributed by atoms with Gasteiger partial charge in [0.1, 0.15) is 11.6 Å². The monoisotopic (exact) mass is 403 g/mol. The summed E-state index contributed by atoms with van der Waals surface area (Å²) in [5.74, 6) is 2.28. The fraction of sp³-hybridized carbons (Fsp3) is 0.435. The van der Waals surface area contributed by atoms with Crippen LogP contribution in [0.4, 0.5) is 23.3 Å². The van der Waals surface area contributed by atoms with E-state index in [0.29, 0.717) is 12.0 Å². The first kappa shape index (κ1) is 19.1. The number of allylic oxidation sites excluding steroid dienone is 2. The van der Waals surface area contributed by atoms with Crippen molar-refractivity contribution in [3.8, 4) is 0 Å². The number of hydrogen-bond acceptors (Lipinski definition) is 7. The fourth-order valence-electron chi connectivity index (χ4n) is 4.68. The maximum absolute atomic E-state index is 4.89.